The first-order valence-electron chi connectivity index (χ1n) is 6.11. The van der Waals surface area contributed by atoms with E-state index in [1.54, 1.807) is 6.20 Å². The lowest BCUT2D eigenvalue weighted by molar-refractivity contribution is 0.202. The van der Waals surface area contributed by atoms with Crippen molar-refractivity contribution in [1.29, 1.82) is 5.26 Å². The first-order valence-corrected chi connectivity index (χ1v) is 6.11. The normalized spacial score (nSPS) is 21.7. The third-order valence-electron chi connectivity index (χ3n) is 3.13. The van der Waals surface area contributed by atoms with Crippen LogP contribution in [0.5, 0.6) is 0 Å². The Bertz CT molecular complexity index is 371. The van der Waals surface area contributed by atoms with Gasteiger partial charge < -0.3 is 5.32 Å². The molecule has 2 rings (SSSR count). The van der Waals surface area contributed by atoms with Gasteiger partial charge in [-0.2, -0.15) is 5.26 Å². The van der Waals surface area contributed by atoms with E-state index in [-0.39, 0.29) is 0 Å². The summed E-state index contributed by atoms with van der Waals surface area (Å²) < 4.78 is 0. The van der Waals surface area contributed by atoms with Crippen molar-refractivity contribution >= 4 is 0 Å². The van der Waals surface area contributed by atoms with Crippen molar-refractivity contribution in [3.63, 3.8) is 0 Å². The van der Waals surface area contributed by atoms with E-state index >= 15 is 0 Å². The number of rotatable bonds is 3. The van der Waals surface area contributed by atoms with Crippen molar-refractivity contribution in [1.82, 2.24) is 15.2 Å². The molecule has 1 atom stereocenters. The Morgan fingerprint density at radius 2 is 2.53 bits per heavy atom. The van der Waals surface area contributed by atoms with Gasteiger partial charge in [-0.05, 0) is 24.6 Å². The number of pyridine rings is 1. The first kappa shape index (κ1) is 12.0. The van der Waals surface area contributed by atoms with Crippen LogP contribution in [0.15, 0.2) is 24.5 Å². The summed E-state index contributed by atoms with van der Waals surface area (Å²) in [6, 6.07) is 6.66. The lowest BCUT2D eigenvalue weighted by Gasteiger charge is -2.27. The molecule has 1 aliphatic rings. The van der Waals surface area contributed by atoms with Gasteiger partial charge >= 0.3 is 0 Å². The molecule has 1 aromatic heterocycles. The standard InChI is InChI=1S/C13H18N4/c14-5-4-13-10-16-7-2-8-17(13)11-12-3-1-6-15-9-12/h1,3,6,9,13,16H,2,4,7-8,10-11H2. The topological polar surface area (TPSA) is 52.0 Å². The average molecular weight is 230 g/mol. The Morgan fingerprint density at radius 3 is 3.29 bits per heavy atom. The lowest BCUT2D eigenvalue weighted by Crippen LogP contribution is -2.39. The third kappa shape index (κ3) is 3.52. The molecule has 0 saturated carbocycles. The molecule has 4 nitrogen and oxygen atoms in total. The first-order chi connectivity index (χ1) is 8.40. The van der Waals surface area contributed by atoms with Crippen LogP contribution in [0.1, 0.15) is 18.4 Å². The Morgan fingerprint density at radius 1 is 1.59 bits per heavy atom. The zero-order valence-electron chi connectivity index (χ0n) is 9.97. The van der Waals surface area contributed by atoms with E-state index in [9.17, 15) is 0 Å². The van der Waals surface area contributed by atoms with Crippen molar-refractivity contribution in [2.75, 3.05) is 19.6 Å². The van der Waals surface area contributed by atoms with Gasteiger partial charge in [-0.15, -0.1) is 0 Å². The summed E-state index contributed by atoms with van der Waals surface area (Å²) >= 11 is 0. The van der Waals surface area contributed by atoms with Crippen LogP contribution in [0.3, 0.4) is 0 Å². The van der Waals surface area contributed by atoms with Crippen molar-refractivity contribution in [2.24, 2.45) is 0 Å². The van der Waals surface area contributed by atoms with Crippen molar-refractivity contribution in [3.8, 4) is 6.07 Å². The van der Waals surface area contributed by atoms with E-state index in [0.29, 0.717) is 12.5 Å². The van der Waals surface area contributed by atoms with Crippen molar-refractivity contribution in [2.45, 2.75) is 25.4 Å². The molecule has 0 bridgehead atoms. The van der Waals surface area contributed by atoms with Crippen LogP contribution in [-0.4, -0.2) is 35.6 Å². The van der Waals surface area contributed by atoms with E-state index < -0.39 is 0 Å². The molecule has 1 unspecified atom stereocenters. The highest BCUT2D eigenvalue weighted by molar-refractivity contribution is 5.08. The molecular weight excluding hydrogens is 212 g/mol. The lowest BCUT2D eigenvalue weighted by atomic mass is 10.1. The van der Waals surface area contributed by atoms with Gasteiger partial charge in [0.05, 0.1) is 12.5 Å². The van der Waals surface area contributed by atoms with Gasteiger partial charge in [-0.3, -0.25) is 9.88 Å². The van der Waals surface area contributed by atoms with Crippen LogP contribution in [0.25, 0.3) is 0 Å². The van der Waals surface area contributed by atoms with Crippen LogP contribution in [0.4, 0.5) is 0 Å². The second kappa shape index (κ2) is 6.33. The minimum Gasteiger partial charge on any atom is -0.315 e. The summed E-state index contributed by atoms with van der Waals surface area (Å²) in [5.74, 6) is 0. The van der Waals surface area contributed by atoms with Gasteiger partial charge in [0.15, 0.2) is 0 Å². The van der Waals surface area contributed by atoms with E-state index in [4.69, 9.17) is 5.26 Å². The third-order valence-corrected chi connectivity index (χ3v) is 3.13. The number of hydrogen-bond acceptors (Lipinski definition) is 4. The van der Waals surface area contributed by atoms with E-state index in [1.807, 2.05) is 12.3 Å². The summed E-state index contributed by atoms with van der Waals surface area (Å²) in [5.41, 5.74) is 1.22. The van der Waals surface area contributed by atoms with E-state index in [0.717, 1.165) is 32.6 Å². The molecule has 4 heteroatoms. The molecule has 1 aliphatic heterocycles. The van der Waals surface area contributed by atoms with Crippen LogP contribution >= 0.6 is 0 Å². The molecule has 1 aromatic rings. The second-order valence-corrected chi connectivity index (χ2v) is 4.41. The molecular formula is C13H18N4. The molecule has 1 fully saturated rings. The fourth-order valence-corrected chi connectivity index (χ4v) is 2.23. The monoisotopic (exact) mass is 230 g/mol. The Labute approximate surface area is 102 Å². The zero-order chi connectivity index (χ0) is 11.9. The number of nitrogens with zero attached hydrogens (tertiary/aromatic N) is 3. The smallest absolute Gasteiger partial charge is 0.0638 e. The molecule has 0 radical (unpaired) electrons. The van der Waals surface area contributed by atoms with Crippen LogP contribution in [0.2, 0.25) is 0 Å². The number of nitriles is 1. The molecule has 0 spiro atoms. The highest BCUT2D eigenvalue weighted by Crippen LogP contribution is 2.12. The zero-order valence-corrected chi connectivity index (χ0v) is 9.97. The van der Waals surface area contributed by atoms with Crippen LogP contribution < -0.4 is 5.32 Å². The summed E-state index contributed by atoms with van der Waals surface area (Å²) in [5, 5.41) is 12.3. The Kier molecular flexibility index (Phi) is 4.48. The maximum Gasteiger partial charge on any atom is 0.0638 e. The SMILES string of the molecule is N#CCC1CNCCCN1Cc1cccnc1. The Balaban J connectivity index is 2.02. The predicted octanol–water partition coefficient (Wildman–Crippen LogP) is 1.16. The minimum absolute atomic E-state index is 0.322. The molecule has 0 aliphatic carbocycles. The predicted molar refractivity (Wildman–Crippen MR) is 66.2 cm³/mol. The fraction of sp³-hybridized carbons (Fsp3) is 0.538. The van der Waals surface area contributed by atoms with Gasteiger partial charge in [0.25, 0.3) is 0 Å². The van der Waals surface area contributed by atoms with Gasteiger partial charge in [-0.25, -0.2) is 0 Å². The highest BCUT2D eigenvalue weighted by atomic mass is 15.2. The molecule has 2 heterocycles. The molecule has 1 N–H and O–H groups in total. The number of aromatic nitrogens is 1. The summed E-state index contributed by atoms with van der Waals surface area (Å²) in [7, 11) is 0. The molecule has 90 valence electrons. The molecule has 17 heavy (non-hydrogen) atoms. The largest absolute Gasteiger partial charge is 0.315 e. The van der Waals surface area contributed by atoms with Crippen molar-refractivity contribution in [3.05, 3.63) is 30.1 Å². The fourth-order valence-electron chi connectivity index (χ4n) is 2.23. The highest BCUT2D eigenvalue weighted by Gasteiger charge is 2.20. The van der Waals surface area contributed by atoms with Crippen LogP contribution in [0, 0.1) is 11.3 Å². The molecule has 1 saturated heterocycles. The van der Waals surface area contributed by atoms with E-state index in [1.165, 1.54) is 5.56 Å². The Hall–Kier alpha value is -1.44. The maximum absolute atomic E-state index is 8.88. The van der Waals surface area contributed by atoms with Gasteiger partial charge in [-0.1, -0.05) is 6.07 Å². The number of nitrogens with one attached hydrogen (secondary N) is 1. The average Bonchev–Trinajstić information content (AvgIpc) is 2.57. The van der Waals surface area contributed by atoms with Gasteiger partial charge in [0.1, 0.15) is 0 Å². The quantitative estimate of drug-likeness (QED) is 0.846. The summed E-state index contributed by atoms with van der Waals surface area (Å²) in [4.78, 5) is 6.53. The molecule has 0 aromatic carbocycles. The van der Waals surface area contributed by atoms with E-state index in [2.05, 4.69) is 27.3 Å². The number of hydrogen-bond donors (Lipinski definition) is 1. The molecule has 0 amide bonds. The van der Waals surface area contributed by atoms with Gasteiger partial charge in [0.2, 0.25) is 0 Å². The maximum atomic E-state index is 8.88. The second-order valence-electron chi connectivity index (χ2n) is 4.41. The summed E-state index contributed by atoms with van der Waals surface area (Å²) in [6.45, 7) is 3.90. The van der Waals surface area contributed by atoms with Crippen molar-refractivity contribution < 1.29 is 0 Å². The van der Waals surface area contributed by atoms with Crippen LogP contribution in [-0.2, 0) is 6.54 Å². The minimum atomic E-state index is 0.322. The summed E-state index contributed by atoms with van der Waals surface area (Å²) in [6.07, 6.45) is 5.43. The van der Waals surface area contributed by atoms with Gasteiger partial charge in [0, 0.05) is 38.1 Å².